The van der Waals surface area contributed by atoms with Crippen molar-refractivity contribution < 1.29 is 34.3 Å². The van der Waals surface area contributed by atoms with Gasteiger partial charge in [-0.05, 0) is 6.92 Å². The summed E-state index contributed by atoms with van der Waals surface area (Å²) in [6.45, 7) is 2.43. The molecule has 0 N–H and O–H groups in total. The Labute approximate surface area is 76.5 Å². The van der Waals surface area contributed by atoms with Gasteiger partial charge in [0.05, 0.1) is 6.61 Å². The molecule has 0 fully saturated rings. The van der Waals surface area contributed by atoms with Crippen LogP contribution >= 0.6 is 12.2 Å². The largest absolute Gasteiger partial charge is 1.00 e. The van der Waals surface area contributed by atoms with Crippen molar-refractivity contribution in [3.63, 3.8) is 0 Å². The number of thiocarbonyl (C=S) groups is 1. The zero-order valence-electron chi connectivity index (χ0n) is 4.43. The van der Waals surface area contributed by atoms with Crippen LogP contribution in [0.1, 0.15) is 6.92 Å². The second-order valence-corrected chi connectivity index (χ2v) is 1.68. The Hall–Kier alpha value is 1.11. The SMILES string of the molecule is CCOC(=S)[S-].[Na+]. The van der Waals surface area contributed by atoms with Gasteiger partial charge in [0.15, 0.2) is 0 Å². The molecular formula is C3H5NaOS2. The van der Waals surface area contributed by atoms with Crippen molar-refractivity contribution in [2.24, 2.45) is 0 Å². The van der Waals surface area contributed by atoms with Crippen molar-refractivity contribution in [3.05, 3.63) is 0 Å². The minimum absolute atomic E-state index is 0. The van der Waals surface area contributed by atoms with Gasteiger partial charge in [-0.3, -0.25) is 0 Å². The van der Waals surface area contributed by atoms with Crippen molar-refractivity contribution in [1.82, 2.24) is 0 Å². The van der Waals surface area contributed by atoms with Gasteiger partial charge in [0.25, 0.3) is 0 Å². The smallest absolute Gasteiger partial charge is 0.514 e. The molecule has 1 nitrogen and oxygen atoms in total. The first-order valence-electron chi connectivity index (χ1n) is 1.61. The van der Waals surface area contributed by atoms with E-state index in [0.29, 0.717) is 6.61 Å². The summed E-state index contributed by atoms with van der Waals surface area (Å²) in [5.74, 6) is 0. The van der Waals surface area contributed by atoms with Crippen molar-refractivity contribution in [2.75, 3.05) is 6.61 Å². The van der Waals surface area contributed by atoms with Gasteiger partial charge in [0, 0.05) is 4.38 Å². The van der Waals surface area contributed by atoms with Crippen LogP contribution < -0.4 is 29.6 Å². The van der Waals surface area contributed by atoms with Crippen molar-refractivity contribution in [3.8, 4) is 0 Å². The van der Waals surface area contributed by atoms with E-state index in [1.54, 1.807) is 0 Å². The van der Waals surface area contributed by atoms with Gasteiger partial charge in [-0.2, -0.15) is 0 Å². The first-order chi connectivity index (χ1) is 2.77. The molecule has 7 heavy (non-hydrogen) atoms. The third kappa shape index (κ3) is 11.0. The van der Waals surface area contributed by atoms with Crippen molar-refractivity contribution in [1.29, 1.82) is 0 Å². The zero-order chi connectivity index (χ0) is 4.99. The van der Waals surface area contributed by atoms with E-state index in [4.69, 9.17) is 0 Å². The quantitative estimate of drug-likeness (QED) is 0.236. The van der Waals surface area contributed by atoms with Crippen LogP contribution in [0.3, 0.4) is 0 Å². The fourth-order valence-corrected chi connectivity index (χ4v) is 0.354. The molecular weight excluding hydrogens is 139 g/mol. The zero-order valence-corrected chi connectivity index (χ0v) is 8.06. The molecule has 0 spiro atoms. The predicted octanol–water partition coefficient (Wildman–Crippen LogP) is -2.14. The van der Waals surface area contributed by atoms with E-state index in [1.807, 2.05) is 6.92 Å². The van der Waals surface area contributed by atoms with E-state index in [0.717, 1.165) is 0 Å². The Morgan fingerprint density at radius 1 is 1.86 bits per heavy atom. The van der Waals surface area contributed by atoms with Gasteiger partial charge in [-0.15, -0.1) is 0 Å². The molecule has 0 aliphatic heterocycles. The monoisotopic (exact) mass is 144 g/mol. The van der Waals surface area contributed by atoms with Crippen LogP contribution in [-0.4, -0.2) is 11.0 Å². The summed E-state index contributed by atoms with van der Waals surface area (Å²) in [5, 5.41) is 0. The first-order valence-corrected chi connectivity index (χ1v) is 2.42. The summed E-state index contributed by atoms with van der Waals surface area (Å²) < 4.78 is 4.79. The molecule has 0 amide bonds. The average Bonchev–Trinajstić information content (AvgIpc) is 1.35. The summed E-state index contributed by atoms with van der Waals surface area (Å²) in [6.07, 6.45) is 0. The summed E-state index contributed by atoms with van der Waals surface area (Å²) in [4.78, 5) is 0. The topological polar surface area (TPSA) is 9.23 Å². The molecule has 0 bridgehead atoms. The van der Waals surface area contributed by atoms with Crippen LogP contribution in [0.5, 0.6) is 0 Å². The Balaban J connectivity index is 0. The van der Waals surface area contributed by atoms with E-state index in [9.17, 15) is 0 Å². The van der Waals surface area contributed by atoms with Gasteiger partial charge < -0.3 is 29.6 Å². The van der Waals surface area contributed by atoms with E-state index in [-0.39, 0.29) is 33.9 Å². The van der Waals surface area contributed by atoms with Gasteiger partial charge in [-0.1, -0.05) is 0 Å². The molecule has 0 aromatic rings. The maximum atomic E-state index is 4.59. The molecule has 0 unspecified atom stereocenters. The maximum Gasteiger partial charge on any atom is 1.00 e. The molecule has 0 aromatic heterocycles. The molecule has 0 atom stereocenters. The normalized spacial score (nSPS) is 6.43. The van der Waals surface area contributed by atoms with E-state index in [2.05, 4.69) is 29.6 Å². The molecule has 0 saturated heterocycles. The number of rotatable bonds is 1. The van der Waals surface area contributed by atoms with Crippen LogP contribution in [0, 0.1) is 0 Å². The van der Waals surface area contributed by atoms with Gasteiger partial charge >= 0.3 is 29.6 Å². The Kier molecular flexibility index (Phi) is 11.2. The second kappa shape index (κ2) is 7.11. The van der Waals surface area contributed by atoms with Crippen molar-refractivity contribution >= 4 is 29.2 Å². The molecule has 0 aliphatic rings. The fraction of sp³-hybridized carbons (Fsp3) is 0.667. The van der Waals surface area contributed by atoms with Gasteiger partial charge in [0.1, 0.15) is 0 Å². The summed E-state index contributed by atoms with van der Waals surface area (Å²) in [7, 11) is 0. The van der Waals surface area contributed by atoms with E-state index in [1.165, 1.54) is 0 Å². The Bertz CT molecular complexity index is 56.9. The number of hydrogen-bond donors (Lipinski definition) is 0. The third-order valence-electron chi connectivity index (χ3n) is 0.262. The average molecular weight is 144 g/mol. The van der Waals surface area contributed by atoms with E-state index < -0.39 is 0 Å². The minimum Gasteiger partial charge on any atom is -0.514 e. The third-order valence-corrected chi connectivity index (χ3v) is 0.498. The molecule has 0 aromatic carbocycles. The van der Waals surface area contributed by atoms with E-state index >= 15 is 0 Å². The van der Waals surface area contributed by atoms with Crippen LogP contribution in [0.15, 0.2) is 0 Å². The van der Waals surface area contributed by atoms with Crippen molar-refractivity contribution in [2.45, 2.75) is 6.92 Å². The summed E-state index contributed by atoms with van der Waals surface area (Å²) >= 11 is 8.77. The fourth-order valence-electron chi connectivity index (χ4n) is 0.118. The van der Waals surface area contributed by atoms with Gasteiger partial charge in [-0.25, -0.2) is 0 Å². The van der Waals surface area contributed by atoms with Crippen LogP contribution in [0.25, 0.3) is 0 Å². The molecule has 0 aliphatic carbocycles. The van der Waals surface area contributed by atoms with Crippen LogP contribution in [0.4, 0.5) is 0 Å². The molecule has 36 valence electrons. The van der Waals surface area contributed by atoms with Crippen LogP contribution in [-0.2, 0) is 17.4 Å². The standard InChI is InChI=1S/C3H6OS2.Na/c1-2-4-3(5)6;/h2H2,1H3,(H,5,6);/q;+1/p-1. The molecule has 0 rings (SSSR count). The van der Waals surface area contributed by atoms with Gasteiger partial charge in [0.2, 0.25) is 0 Å². The summed E-state index contributed by atoms with van der Waals surface area (Å²) in [6, 6.07) is 0. The summed E-state index contributed by atoms with van der Waals surface area (Å²) in [5.41, 5.74) is 0. The second-order valence-electron chi connectivity index (χ2n) is 0.683. The predicted molar refractivity (Wildman–Crippen MR) is 31.6 cm³/mol. The molecule has 0 radical (unpaired) electrons. The first kappa shape index (κ1) is 11.0. The number of hydrogen-bond acceptors (Lipinski definition) is 3. The minimum atomic E-state index is 0. The molecule has 0 saturated carbocycles. The Morgan fingerprint density at radius 2 is 2.29 bits per heavy atom. The molecule has 4 heteroatoms. The Morgan fingerprint density at radius 3 is 2.29 bits per heavy atom. The van der Waals surface area contributed by atoms with Crippen LogP contribution in [0.2, 0.25) is 0 Å². The molecule has 0 heterocycles. The number of ether oxygens (including phenoxy) is 1. The maximum absolute atomic E-state index is 4.59.